The maximum absolute atomic E-state index is 11.9. The van der Waals surface area contributed by atoms with Crippen LogP contribution in [0.15, 0.2) is 0 Å². The molecule has 0 aromatic rings. The van der Waals surface area contributed by atoms with Gasteiger partial charge >= 0.3 is 0 Å². The van der Waals surface area contributed by atoms with E-state index in [-0.39, 0.29) is 6.54 Å². The van der Waals surface area contributed by atoms with E-state index in [0.29, 0.717) is 5.88 Å². The predicted octanol–water partition coefficient (Wildman–Crippen LogP) is 2.98. The normalized spacial score (nSPS) is 11.5. The van der Waals surface area contributed by atoms with Gasteiger partial charge in [-0.05, 0) is 26.4 Å². The lowest BCUT2D eigenvalue weighted by Crippen LogP contribution is -2.25. The number of rotatable bonds is 8. The third-order valence-electron chi connectivity index (χ3n) is 1.87. The number of nitrogens with zero attached hydrogens (tertiary/aromatic N) is 1. The summed E-state index contributed by atoms with van der Waals surface area (Å²) in [6, 6.07) is 0. The van der Waals surface area contributed by atoms with Gasteiger partial charge in [-0.1, -0.05) is 12.8 Å². The quantitative estimate of drug-likeness (QED) is 0.443. The van der Waals surface area contributed by atoms with E-state index in [1.54, 1.807) is 11.9 Å². The van der Waals surface area contributed by atoms with Crippen LogP contribution in [-0.4, -0.2) is 37.3 Å². The molecule has 1 nitrogen and oxygen atoms in total. The molecule has 0 aromatic carbocycles. The Morgan fingerprint density at radius 2 is 1.77 bits per heavy atom. The molecule has 0 bridgehead atoms. The van der Waals surface area contributed by atoms with Crippen molar-refractivity contribution in [1.29, 1.82) is 0 Å². The van der Waals surface area contributed by atoms with Crippen molar-refractivity contribution in [2.45, 2.75) is 32.1 Å². The van der Waals surface area contributed by atoms with Crippen LogP contribution >= 0.6 is 11.6 Å². The summed E-state index contributed by atoms with van der Waals surface area (Å²) in [5.74, 6) is 0.701. The molecule has 0 saturated carbocycles. The molecule has 80 valence electrons. The van der Waals surface area contributed by atoms with Crippen molar-refractivity contribution in [3.63, 3.8) is 0 Å². The fraction of sp³-hybridized carbons (Fsp3) is 1.00. The first kappa shape index (κ1) is 13.1. The maximum atomic E-state index is 11.9. The second-order valence-electron chi connectivity index (χ2n) is 3.26. The van der Waals surface area contributed by atoms with Crippen LogP contribution in [0.3, 0.4) is 0 Å². The van der Waals surface area contributed by atoms with E-state index in [2.05, 4.69) is 0 Å². The summed E-state index contributed by atoms with van der Waals surface area (Å²) in [5.41, 5.74) is 0. The second kappa shape index (κ2) is 8.70. The lowest BCUT2D eigenvalue weighted by atomic mass is 10.2. The molecule has 0 saturated heterocycles. The van der Waals surface area contributed by atoms with Gasteiger partial charge in [0.25, 0.3) is 6.43 Å². The summed E-state index contributed by atoms with van der Waals surface area (Å²) >= 11 is 5.50. The van der Waals surface area contributed by atoms with Crippen LogP contribution in [0, 0.1) is 0 Å². The van der Waals surface area contributed by atoms with E-state index >= 15 is 0 Å². The van der Waals surface area contributed by atoms with Gasteiger partial charge in [-0.3, -0.25) is 0 Å². The minimum absolute atomic E-state index is 0.116. The molecule has 0 heterocycles. The van der Waals surface area contributed by atoms with Gasteiger partial charge in [-0.15, -0.1) is 11.6 Å². The first-order chi connectivity index (χ1) is 6.16. The molecule has 4 heteroatoms. The van der Waals surface area contributed by atoms with E-state index in [1.165, 1.54) is 0 Å². The highest BCUT2D eigenvalue weighted by atomic mass is 35.5. The number of halogens is 3. The SMILES string of the molecule is CN(CCCCCCCl)CC(F)F. The highest BCUT2D eigenvalue weighted by Crippen LogP contribution is 2.03. The van der Waals surface area contributed by atoms with Crippen molar-refractivity contribution in [2.75, 3.05) is 26.0 Å². The van der Waals surface area contributed by atoms with Crippen molar-refractivity contribution in [3.05, 3.63) is 0 Å². The average molecular weight is 214 g/mol. The molecule has 0 unspecified atom stereocenters. The second-order valence-corrected chi connectivity index (χ2v) is 3.63. The Kier molecular flexibility index (Phi) is 8.77. The number of alkyl halides is 3. The molecule has 0 radical (unpaired) electrons. The molecule has 0 atom stereocenters. The van der Waals surface area contributed by atoms with Crippen molar-refractivity contribution in [2.24, 2.45) is 0 Å². The Morgan fingerprint density at radius 1 is 1.15 bits per heavy atom. The van der Waals surface area contributed by atoms with Crippen LogP contribution in [0.25, 0.3) is 0 Å². The maximum Gasteiger partial charge on any atom is 0.251 e. The van der Waals surface area contributed by atoms with Crippen molar-refractivity contribution >= 4 is 11.6 Å². The van der Waals surface area contributed by atoms with Crippen LogP contribution in [0.4, 0.5) is 8.78 Å². The Hall–Kier alpha value is 0.110. The van der Waals surface area contributed by atoms with Gasteiger partial charge in [0.1, 0.15) is 0 Å². The first-order valence-corrected chi connectivity index (χ1v) is 5.23. The first-order valence-electron chi connectivity index (χ1n) is 4.69. The number of unbranched alkanes of at least 4 members (excludes halogenated alkanes) is 3. The minimum atomic E-state index is -2.21. The molecule has 0 aliphatic rings. The van der Waals surface area contributed by atoms with E-state index in [9.17, 15) is 8.78 Å². The van der Waals surface area contributed by atoms with Crippen molar-refractivity contribution in [1.82, 2.24) is 4.90 Å². The lowest BCUT2D eigenvalue weighted by Gasteiger charge is -2.15. The molecule has 0 aromatic heterocycles. The van der Waals surface area contributed by atoms with Gasteiger partial charge in [-0.25, -0.2) is 8.78 Å². The molecule has 0 fully saturated rings. The van der Waals surface area contributed by atoms with Crippen LogP contribution in [0.5, 0.6) is 0 Å². The highest BCUT2D eigenvalue weighted by Gasteiger charge is 2.06. The molecule has 0 N–H and O–H groups in total. The molecule has 0 aliphatic heterocycles. The average Bonchev–Trinajstić information content (AvgIpc) is 2.02. The standard InChI is InChI=1S/C9H18ClF2N/c1-13(8-9(11)12)7-5-3-2-4-6-10/h9H,2-8H2,1H3. The third kappa shape index (κ3) is 10.0. The number of hydrogen-bond donors (Lipinski definition) is 0. The minimum Gasteiger partial charge on any atom is -0.301 e. The Morgan fingerprint density at radius 3 is 2.31 bits per heavy atom. The molecule has 13 heavy (non-hydrogen) atoms. The van der Waals surface area contributed by atoms with Crippen molar-refractivity contribution < 1.29 is 8.78 Å². The summed E-state index contributed by atoms with van der Waals surface area (Å²) in [5, 5.41) is 0. The van der Waals surface area contributed by atoms with Gasteiger partial charge in [0, 0.05) is 5.88 Å². The predicted molar refractivity (Wildman–Crippen MR) is 52.7 cm³/mol. The van der Waals surface area contributed by atoms with Gasteiger partial charge in [0.05, 0.1) is 6.54 Å². The summed E-state index contributed by atoms with van der Waals surface area (Å²) in [6.45, 7) is 0.641. The van der Waals surface area contributed by atoms with Gasteiger partial charge in [0.2, 0.25) is 0 Å². The Balaban J connectivity index is 3.12. The van der Waals surface area contributed by atoms with Gasteiger partial charge in [0.15, 0.2) is 0 Å². The molecular formula is C9H18ClF2N. The monoisotopic (exact) mass is 213 g/mol. The van der Waals surface area contributed by atoms with Crippen LogP contribution < -0.4 is 0 Å². The van der Waals surface area contributed by atoms with Gasteiger partial charge in [-0.2, -0.15) is 0 Å². The van der Waals surface area contributed by atoms with E-state index < -0.39 is 6.43 Å². The summed E-state index contributed by atoms with van der Waals surface area (Å²) < 4.78 is 23.7. The van der Waals surface area contributed by atoms with E-state index in [1.807, 2.05) is 0 Å². The largest absolute Gasteiger partial charge is 0.301 e. The summed E-state index contributed by atoms with van der Waals surface area (Å²) in [7, 11) is 1.73. The lowest BCUT2D eigenvalue weighted by molar-refractivity contribution is 0.0996. The van der Waals surface area contributed by atoms with E-state index in [4.69, 9.17) is 11.6 Å². The third-order valence-corrected chi connectivity index (χ3v) is 2.14. The molecule has 0 aliphatic carbocycles. The van der Waals surface area contributed by atoms with Crippen molar-refractivity contribution in [3.8, 4) is 0 Å². The Bertz CT molecular complexity index is 112. The van der Waals surface area contributed by atoms with Crippen LogP contribution in [0.1, 0.15) is 25.7 Å². The number of hydrogen-bond acceptors (Lipinski definition) is 1. The zero-order valence-electron chi connectivity index (χ0n) is 8.11. The van der Waals surface area contributed by atoms with Crippen LogP contribution in [-0.2, 0) is 0 Å². The highest BCUT2D eigenvalue weighted by molar-refractivity contribution is 6.17. The zero-order valence-corrected chi connectivity index (χ0v) is 8.86. The topological polar surface area (TPSA) is 3.24 Å². The fourth-order valence-corrected chi connectivity index (χ4v) is 1.35. The zero-order chi connectivity index (χ0) is 10.1. The summed E-state index contributed by atoms with van der Waals surface area (Å²) in [4.78, 5) is 1.67. The fourth-order valence-electron chi connectivity index (χ4n) is 1.16. The smallest absolute Gasteiger partial charge is 0.251 e. The molecular weight excluding hydrogens is 196 g/mol. The summed E-state index contributed by atoms with van der Waals surface area (Å²) in [6.07, 6.45) is 1.99. The van der Waals surface area contributed by atoms with Gasteiger partial charge < -0.3 is 4.90 Å². The molecule has 0 amide bonds. The molecule has 0 spiro atoms. The Labute approximate surface area is 84.1 Å². The van der Waals surface area contributed by atoms with Crippen LogP contribution in [0.2, 0.25) is 0 Å². The molecule has 0 rings (SSSR count). The van der Waals surface area contributed by atoms with E-state index in [0.717, 1.165) is 32.2 Å².